The molecule has 104 valence electrons. The average Bonchev–Trinajstić information content (AvgIpc) is 2.78. The zero-order valence-electron chi connectivity index (χ0n) is 10.2. The summed E-state index contributed by atoms with van der Waals surface area (Å²) in [5.41, 5.74) is 8.14. The molecule has 1 aliphatic heterocycles. The van der Waals surface area contributed by atoms with Crippen LogP contribution in [0.5, 0.6) is 0 Å². The predicted octanol–water partition coefficient (Wildman–Crippen LogP) is 2.21. The molecule has 1 atom stereocenters. The number of carboxylic acid groups (broad SMARTS) is 1. The lowest BCUT2D eigenvalue weighted by atomic mass is 10.1. The van der Waals surface area contributed by atoms with E-state index < -0.39 is 5.97 Å². The van der Waals surface area contributed by atoms with Gasteiger partial charge in [0.05, 0.1) is 4.47 Å². The molecule has 1 aromatic heterocycles. The van der Waals surface area contributed by atoms with Gasteiger partial charge in [0.1, 0.15) is 5.82 Å². The van der Waals surface area contributed by atoms with Crippen molar-refractivity contribution in [1.82, 2.24) is 4.98 Å². The molecule has 1 aliphatic rings. The maximum Gasteiger partial charge on any atom is 0.355 e. The van der Waals surface area contributed by atoms with Crippen LogP contribution in [0.25, 0.3) is 10.4 Å². The number of amides is 1. The van der Waals surface area contributed by atoms with E-state index in [1.165, 1.54) is 4.90 Å². The number of anilines is 1. The molecule has 0 aromatic carbocycles. The summed E-state index contributed by atoms with van der Waals surface area (Å²) < 4.78 is 0.353. The number of nitrogens with zero attached hydrogens (tertiary/aromatic N) is 5. The molecular formula is C11H10BrN5O3. The van der Waals surface area contributed by atoms with Gasteiger partial charge in [-0.25, -0.2) is 9.78 Å². The van der Waals surface area contributed by atoms with E-state index in [1.54, 1.807) is 12.1 Å². The molecule has 9 heteroatoms. The fraction of sp³-hybridized carbons (Fsp3) is 0.364. The lowest BCUT2D eigenvalue weighted by molar-refractivity contribution is -0.117. The summed E-state index contributed by atoms with van der Waals surface area (Å²) >= 11 is 3.10. The Morgan fingerprint density at radius 2 is 2.40 bits per heavy atom. The van der Waals surface area contributed by atoms with Crippen molar-refractivity contribution < 1.29 is 14.7 Å². The van der Waals surface area contributed by atoms with Gasteiger partial charge in [0.2, 0.25) is 5.91 Å². The Labute approximate surface area is 122 Å². The second-order valence-corrected chi connectivity index (χ2v) is 5.15. The van der Waals surface area contributed by atoms with Crippen LogP contribution < -0.4 is 4.90 Å². The van der Waals surface area contributed by atoms with Gasteiger partial charge in [0.15, 0.2) is 5.69 Å². The first-order chi connectivity index (χ1) is 9.52. The van der Waals surface area contributed by atoms with Gasteiger partial charge < -0.3 is 5.11 Å². The van der Waals surface area contributed by atoms with E-state index in [9.17, 15) is 9.59 Å². The summed E-state index contributed by atoms with van der Waals surface area (Å²) in [5.74, 6) is -1.11. The van der Waals surface area contributed by atoms with Gasteiger partial charge >= 0.3 is 5.97 Å². The van der Waals surface area contributed by atoms with Crippen LogP contribution in [-0.2, 0) is 4.79 Å². The van der Waals surface area contributed by atoms with Crippen molar-refractivity contribution in [3.05, 3.63) is 32.7 Å². The number of carbonyl (C=O) groups is 2. The van der Waals surface area contributed by atoms with Crippen molar-refractivity contribution in [2.45, 2.75) is 6.42 Å². The minimum Gasteiger partial charge on any atom is -0.476 e. The number of carbonyl (C=O) groups excluding carboxylic acids is 1. The molecule has 0 aliphatic carbocycles. The van der Waals surface area contributed by atoms with Crippen LogP contribution in [-0.4, -0.2) is 35.1 Å². The Bertz CT molecular complexity index is 614. The van der Waals surface area contributed by atoms with E-state index in [0.717, 1.165) is 0 Å². The molecule has 8 nitrogen and oxygen atoms in total. The van der Waals surface area contributed by atoms with Crippen molar-refractivity contribution in [2.24, 2.45) is 11.0 Å². The van der Waals surface area contributed by atoms with Crippen LogP contribution >= 0.6 is 15.9 Å². The summed E-state index contributed by atoms with van der Waals surface area (Å²) in [7, 11) is 0. The topological polar surface area (TPSA) is 119 Å². The maximum absolute atomic E-state index is 11.9. The number of halogens is 1. The van der Waals surface area contributed by atoms with Crippen molar-refractivity contribution in [1.29, 1.82) is 0 Å². The lowest BCUT2D eigenvalue weighted by Gasteiger charge is -2.16. The van der Waals surface area contributed by atoms with Crippen LogP contribution in [0.15, 0.2) is 21.7 Å². The quantitative estimate of drug-likeness (QED) is 0.513. The van der Waals surface area contributed by atoms with Gasteiger partial charge in [-0.15, -0.1) is 0 Å². The number of rotatable bonds is 4. The number of azide groups is 1. The molecule has 1 N–H and O–H groups in total. The van der Waals surface area contributed by atoms with Gasteiger partial charge in [-0.1, -0.05) is 5.11 Å². The summed E-state index contributed by atoms with van der Waals surface area (Å²) in [6.45, 7) is 0.604. The van der Waals surface area contributed by atoms with Gasteiger partial charge in [0.25, 0.3) is 0 Å². The predicted molar refractivity (Wildman–Crippen MR) is 73.4 cm³/mol. The van der Waals surface area contributed by atoms with Crippen LogP contribution in [0.3, 0.4) is 0 Å². The van der Waals surface area contributed by atoms with Gasteiger partial charge in [-0.2, -0.15) is 0 Å². The van der Waals surface area contributed by atoms with Crippen molar-refractivity contribution in [2.75, 3.05) is 18.0 Å². The van der Waals surface area contributed by atoms with Crippen LogP contribution in [0.4, 0.5) is 5.82 Å². The van der Waals surface area contributed by atoms with Crippen LogP contribution in [0.2, 0.25) is 0 Å². The van der Waals surface area contributed by atoms with E-state index in [-0.39, 0.29) is 30.5 Å². The molecule has 1 unspecified atom stereocenters. The number of carboxylic acids is 1. The first kappa shape index (κ1) is 14.3. The Hall–Kier alpha value is -2.12. The van der Waals surface area contributed by atoms with E-state index >= 15 is 0 Å². The largest absolute Gasteiger partial charge is 0.476 e. The first-order valence-electron chi connectivity index (χ1n) is 5.74. The van der Waals surface area contributed by atoms with Gasteiger partial charge in [-0.3, -0.25) is 9.69 Å². The van der Waals surface area contributed by atoms with Crippen LogP contribution in [0, 0.1) is 5.92 Å². The summed E-state index contributed by atoms with van der Waals surface area (Å²) in [6.07, 6.45) is 0.263. The van der Waals surface area contributed by atoms with Crippen LogP contribution in [0.1, 0.15) is 16.9 Å². The normalized spacial score (nSPS) is 17.9. The number of aromatic nitrogens is 1. The third-order valence-corrected chi connectivity index (χ3v) is 3.56. The Morgan fingerprint density at radius 3 is 3.05 bits per heavy atom. The standard InChI is InChI=1S/C11H10BrN5O3/c12-7-1-2-8(15-10(7)11(19)20)17-5-6(3-9(17)18)4-14-16-13/h1-2,6H,3-5H2,(H,19,20). The maximum atomic E-state index is 11.9. The van der Waals surface area contributed by atoms with Gasteiger partial charge in [-0.05, 0) is 39.5 Å². The third-order valence-electron chi connectivity index (χ3n) is 2.92. The Balaban J connectivity index is 2.24. The van der Waals surface area contributed by atoms with E-state index in [4.69, 9.17) is 10.6 Å². The highest BCUT2D eigenvalue weighted by atomic mass is 79.9. The highest BCUT2D eigenvalue weighted by Gasteiger charge is 2.31. The molecule has 1 amide bonds. The molecule has 0 spiro atoms. The molecule has 0 radical (unpaired) electrons. The lowest BCUT2D eigenvalue weighted by Crippen LogP contribution is -2.26. The average molecular weight is 340 g/mol. The smallest absolute Gasteiger partial charge is 0.355 e. The molecule has 0 bridgehead atoms. The molecule has 2 rings (SSSR count). The second kappa shape index (κ2) is 5.89. The molecule has 1 saturated heterocycles. The zero-order valence-corrected chi connectivity index (χ0v) is 11.8. The first-order valence-corrected chi connectivity index (χ1v) is 6.53. The van der Waals surface area contributed by atoms with Gasteiger partial charge in [0, 0.05) is 24.4 Å². The molecule has 0 saturated carbocycles. The zero-order chi connectivity index (χ0) is 14.7. The summed E-state index contributed by atoms with van der Waals surface area (Å²) in [4.78, 5) is 31.0. The highest BCUT2D eigenvalue weighted by molar-refractivity contribution is 9.10. The number of hydrogen-bond donors (Lipinski definition) is 1. The highest BCUT2D eigenvalue weighted by Crippen LogP contribution is 2.26. The van der Waals surface area contributed by atoms with Crippen molar-refractivity contribution >= 4 is 33.6 Å². The third kappa shape index (κ3) is 2.89. The Morgan fingerprint density at radius 1 is 1.65 bits per heavy atom. The fourth-order valence-electron chi connectivity index (χ4n) is 2.01. The van der Waals surface area contributed by atoms with E-state index in [2.05, 4.69) is 30.9 Å². The number of hydrogen-bond acceptors (Lipinski definition) is 4. The fourth-order valence-corrected chi connectivity index (χ4v) is 2.40. The Kier molecular flexibility index (Phi) is 4.21. The summed E-state index contributed by atoms with van der Waals surface area (Å²) in [6, 6.07) is 3.12. The minimum absolute atomic E-state index is 0.0721. The molecule has 1 fully saturated rings. The molecule has 20 heavy (non-hydrogen) atoms. The SMILES string of the molecule is [N-]=[N+]=NCC1CC(=O)N(c2ccc(Br)c(C(=O)O)n2)C1. The monoisotopic (exact) mass is 339 g/mol. The minimum atomic E-state index is -1.17. The van der Waals surface area contributed by atoms with Crippen molar-refractivity contribution in [3.8, 4) is 0 Å². The number of pyridine rings is 1. The summed E-state index contributed by atoms with van der Waals surface area (Å²) in [5, 5.41) is 12.5. The molecule has 2 heterocycles. The second-order valence-electron chi connectivity index (χ2n) is 4.29. The van der Waals surface area contributed by atoms with E-state index in [0.29, 0.717) is 16.8 Å². The van der Waals surface area contributed by atoms with E-state index in [1.807, 2.05) is 0 Å². The molecule has 1 aromatic rings. The van der Waals surface area contributed by atoms with Crippen molar-refractivity contribution in [3.63, 3.8) is 0 Å². The number of aromatic carboxylic acids is 1. The molecular weight excluding hydrogens is 330 g/mol.